The first kappa shape index (κ1) is 24.2. The highest BCUT2D eigenvalue weighted by atomic mass is 32.2. The fourth-order valence-electron chi connectivity index (χ4n) is 3.49. The van der Waals surface area contributed by atoms with Crippen LogP contribution in [0.3, 0.4) is 0 Å². The molecule has 1 aromatic rings. The molecule has 0 aliphatic carbocycles. The van der Waals surface area contributed by atoms with E-state index in [-0.39, 0.29) is 30.2 Å². The minimum absolute atomic E-state index is 0.00714. The van der Waals surface area contributed by atoms with Gasteiger partial charge in [0, 0.05) is 31.5 Å². The van der Waals surface area contributed by atoms with Gasteiger partial charge in [-0.15, -0.1) is 0 Å². The molecule has 0 saturated heterocycles. The Labute approximate surface area is 195 Å². The van der Waals surface area contributed by atoms with Crippen molar-refractivity contribution in [2.24, 2.45) is 4.99 Å². The van der Waals surface area contributed by atoms with E-state index in [1.165, 1.54) is 30.0 Å². The van der Waals surface area contributed by atoms with Crippen LogP contribution in [0.2, 0.25) is 0 Å². The summed E-state index contributed by atoms with van der Waals surface area (Å²) in [5.41, 5.74) is 1.71. The molecule has 10 nitrogen and oxygen atoms in total. The van der Waals surface area contributed by atoms with Gasteiger partial charge >= 0.3 is 5.97 Å². The Morgan fingerprint density at radius 1 is 1.42 bits per heavy atom. The summed E-state index contributed by atoms with van der Waals surface area (Å²) in [4.78, 5) is 42.7. The molecule has 11 heteroatoms. The number of fused-ring (bicyclic) bond motifs is 1. The number of esters is 1. The van der Waals surface area contributed by atoms with Crippen molar-refractivity contribution in [1.29, 1.82) is 0 Å². The van der Waals surface area contributed by atoms with Gasteiger partial charge in [0.15, 0.2) is 5.17 Å². The highest BCUT2D eigenvalue weighted by Gasteiger charge is 2.41. The number of hydrogen-bond acceptors (Lipinski definition) is 9. The third kappa shape index (κ3) is 5.49. The molecular formula is C22H24N4O6S. The van der Waals surface area contributed by atoms with Gasteiger partial charge < -0.3 is 19.7 Å². The fourth-order valence-corrected chi connectivity index (χ4v) is 4.45. The lowest BCUT2D eigenvalue weighted by Gasteiger charge is -2.36. The van der Waals surface area contributed by atoms with Crippen LogP contribution >= 0.6 is 11.8 Å². The number of rotatable bonds is 10. The largest absolute Gasteiger partial charge is 0.458 e. The van der Waals surface area contributed by atoms with Crippen molar-refractivity contribution in [3.8, 4) is 0 Å². The Bertz CT molecular complexity index is 1060. The van der Waals surface area contributed by atoms with Crippen LogP contribution in [0.1, 0.15) is 24.9 Å². The van der Waals surface area contributed by atoms with E-state index in [1.807, 2.05) is 0 Å². The lowest BCUT2D eigenvalue weighted by Crippen LogP contribution is -2.38. The summed E-state index contributed by atoms with van der Waals surface area (Å²) in [5.74, 6) is -0.826. The number of amides is 1. The van der Waals surface area contributed by atoms with Crippen LogP contribution in [0.4, 0.5) is 5.69 Å². The van der Waals surface area contributed by atoms with Gasteiger partial charge in [0.05, 0.1) is 35.3 Å². The Balaban J connectivity index is 2.01. The molecule has 2 heterocycles. The van der Waals surface area contributed by atoms with Crippen LogP contribution in [-0.4, -0.2) is 53.7 Å². The number of benzene rings is 1. The molecule has 1 atom stereocenters. The van der Waals surface area contributed by atoms with Gasteiger partial charge in [0.1, 0.15) is 6.61 Å². The molecular weight excluding hydrogens is 448 g/mol. The number of non-ortho nitro benzene ring substituents is 1. The number of allylic oxidation sites excluding steroid dienone is 1. The normalized spacial score (nSPS) is 17.2. The van der Waals surface area contributed by atoms with Gasteiger partial charge in [-0.3, -0.25) is 14.9 Å². The van der Waals surface area contributed by atoms with Crippen molar-refractivity contribution in [2.45, 2.75) is 19.4 Å². The van der Waals surface area contributed by atoms with Gasteiger partial charge in [-0.05, 0) is 17.9 Å². The van der Waals surface area contributed by atoms with E-state index in [0.29, 0.717) is 35.3 Å². The van der Waals surface area contributed by atoms with Crippen molar-refractivity contribution in [3.05, 3.63) is 75.0 Å². The number of nitrogens with one attached hydrogen (secondary N) is 1. The van der Waals surface area contributed by atoms with E-state index in [1.54, 1.807) is 36.5 Å². The van der Waals surface area contributed by atoms with E-state index >= 15 is 0 Å². The fraction of sp³-hybridized carbons (Fsp3) is 0.318. The minimum atomic E-state index is -0.747. The summed E-state index contributed by atoms with van der Waals surface area (Å²) in [7, 11) is 1.55. The number of hydrogen-bond donors (Lipinski definition) is 1. The zero-order valence-electron chi connectivity index (χ0n) is 18.3. The summed E-state index contributed by atoms with van der Waals surface area (Å²) >= 11 is 1.32. The van der Waals surface area contributed by atoms with E-state index in [2.05, 4.69) is 16.9 Å². The Kier molecular flexibility index (Phi) is 8.01. The third-order valence-corrected chi connectivity index (χ3v) is 5.81. The minimum Gasteiger partial charge on any atom is -0.458 e. The number of thioether (sulfide) groups is 1. The molecule has 1 N–H and O–H groups in total. The van der Waals surface area contributed by atoms with Crippen molar-refractivity contribution in [2.75, 3.05) is 26.9 Å². The smallest absolute Gasteiger partial charge is 0.338 e. The standard InChI is InChI=1S/C22H24N4O6S/c1-4-9-32-21(28)19-14(2)24-22-25(17(13-33-22)12-18(27)23-8-10-31-3)20(19)15-6-5-7-16(11-15)26(29)30/h4-7,11,13,20H,1,8-10,12H2,2-3H3,(H,23,27)/t20-/m1/s1. The van der Waals surface area contributed by atoms with Crippen LogP contribution < -0.4 is 5.32 Å². The van der Waals surface area contributed by atoms with Gasteiger partial charge in [-0.1, -0.05) is 36.5 Å². The summed E-state index contributed by atoms with van der Waals surface area (Å²) in [6.07, 6.45) is 1.49. The predicted molar refractivity (Wildman–Crippen MR) is 124 cm³/mol. The van der Waals surface area contributed by atoms with Crippen molar-refractivity contribution < 1.29 is 24.0 Å². The lowest BCUT2D eigenvalue weighted by atomic mass is 9.93. The first-order valence-corrected chi connectivity index (χ1v) is 11.0. The lowest BCUT2D eigenvalue weighted by molar-refractivity contribution is -0.384. The van der Waals surface area contributed by atoms with Gasteiger partial charge in [-0.25, -0.2) is 9.79 Å². The second-order valence-corrected chi connectivity index (χ2v) is 7.99. The van der Waals surface area contributed by atoms with Crippen molar-refractivity contribution in [1.82, 2.24) is 10.2 Å². The highest BCUT2D eigenvalue weighted by Crippen LogP contribution is 2.45. The van der Waals surface area contributed by atoms with Crippen molar-refractivity contribution in [3.63, 3.8) is 0 Å². The number of ether oxygens (including phenoxy) is 2. The number of nitro benzene ring substituents is 1. The van der Waals surface area contributed by atoms with Gasteiger partial charge in [0.2, 0.25) is 5.91 Å². The maximum atomic E-state index is 13.0. The number of aliphatic imine (C=N–C) groups is 1. The number of carbonyl (C=O) groups excluding carboxylic acids is 2. The number of nitro groups is 1. The zero-order chi connectivity index (χ0) is 24.0. The van der Waals surface area contributed by atoms with E-state index in [9.17, 15) is 19.7 Å². The van der Waals surface area contributed by atoms with Crippen LogP contribution in [-0.2, 0) is 19.1 Å². The van der Waals surface area contributed by atoms with E-state index in [0.717, 1.165) is 0 Å². The number of nitrogens with zero attached hydrogens (tertiary/aromatic N) is 3. The topological polar surface area (TPSA) is 123 Å². The van der Waals surface area contributed by atoms with E-state index in [4.69, 9.17) is 9.47 Å². The first-order chi connectivity index (χ1) is 15.9. The molecule has 0 saturated carbocycles. The molecule has 2 aliphatic rings. The van der Waals surface area contributed by atoms with Gasteiger partial charge in [0.25, 0.3) is 5.69 Å². The number of methoxy groups -OCH3 is 1. The monoisotopic (exact) mass is 472 g/mol. The molecule has 33 heavy (non-hydrogen) atoms. The van der Waals surface area contributed by atoms with E-state index < -0.39 is 16.9 Å². The average Bonchev–Trinajstić information content (AvgIpc) is 3.18. The summed E-state index contributed by atoms with van der Waals surface area (Å²) in [6, 6.07) is 5.31. The van der Waals surface area contributed by atoms with Crippen molar-refractivity contribution >= 4 is 34.5 Å². The second kappa shape index (κ2) is 10.9. The number of amidine groups is 1. The average molecular weight is 473 g/mol. The third-order valence-electron chi connectivity index (χ3n) is 4.92. The summed E-state index contributed by atoms with van der Waals surface area (Å²) in [5, 5.41) is 16.5. The molecule has 0 unspecified atom stereocenters. The molecule has 0 radical (unpaired) electrons. The van der Waals surface area contributed by atoms with Crippen LogP contribution in [0.25, 0.3) is 0 Å². The molecule has 0 aromatic heterocycles. The molecule has 0 spiro atoms. The SMILES string of the molecule is C=CCOC(=O)C1=C(C)N=C2SC=C(CC(=O)NCCOC)N2[C@@H]1c1cccc([N+](=O)[O-])c1. The molecule has 2 aliphatic heterocycles. The van der Waals surface area contributed by atoms with Crippen LogP contribution in [0.15, 0.2) is 64.3 Å². The zero-order valence-corrected chi connectivity index (χ0v) is 19.1. The second-order valence-electron chi connectivity index (χ2n) is 7.15. The van der Waals surface area contributed by atoms with Crippen LogP contribution in [0.5, 0.6) is 0 Å². The first-order valence-electron chi connectivity index (χ1n) is 10.1. The predicted octanol–water partition coefficient (Wildman–Crippen LogP) is 3.05. The summed E-state index contributed by atoms with van der Waals surface area (Å²) < 4.78 is 10.3. The quantitative estimate of drug-likeness (QED) is 0.181. The Hall–Kier alpha value is -3.44. The van der Waals surface area contributed by atoms with Crippen LogP contribution in [0, 0.1) is 10.1 Å². The molecule has 0 bridgehead atoms. The summed E-state index contributed by atoms with van der Waals surface area (Å²) in [6.45, 7) is 6.00. The highest BCUT2D eigenvalue weighted by molar-refractivity contribution is 8.16. The maximum Gasteiger partial charge on any atom is 0.338 e. The molecule has 1 amide bonds. The number of carbonyl (C=O) groups is 2. The Morgan fingerprint density at radius 2 is 2.21 bits per heavy atom. The van der Waals surface area contributed by atoms with Gasteiger partial charge in [-0.2, -0.15) is 0 Å². The molecule has 174 valence electrons. The molecule has 0 fully saturated rings. The molecule has 3 rings (SSSR count). The molecule has 1 aromatic carbocycles. The Morgan fingerprint density at radius 3 is 2.91 bits per heavy atom. The maximum absolute atomic E-state index is 13.0.